The fourth-order valence-electron chi connectivity index (χ4n) is 2.99. The number of rotatable bonds is 8. The van der Waals surface area contributed by atoms with Crippen LogP contribution in [0.1, 0.15) is 23.6 Å². The van der Waals surface area contributed by atoms with Gasteiger partial charge in [0, 0.05) is 11.1 Å². The summed E-state index contributed by atoms with van der Waals surface area (Å²) in [6, 6.07) is 21.5. The van der Waals surface area contributed by atoms with Crippen LogP contribution >= 0.6 is 11.6 Å². The van der Waals surface area contributed by atoms with Gasteiger partial charge in [0.25, 0.3) is 0 Å². The van der Waals surface area contributed by atoms with Crippen LogP contribution in [0.25, 0.3) is 17.7 Å². The summed E-state index contributed by atoms with van der Waals surface area (Å²) in [7, 11) is 1.56. The van der Waals surface area contributed by atoms with E-state index in [4.69, 9.17) is 25.8 Å². The van der Waals surface area contributed by atoms with Crippen molar-refractivity contribution < 1.29 is 19.0 Å². The minimum Gasteiger partial charge on any atom is -0.493 e. The van der Waals surface area contributed by atoms with Crippen LogP contribution < -0.4 is 14.2 Å². The molecule has 0 aliphatic carbocycles. The number of methoxy groups -OCH3 is 1. The Morgan fingerprint density at radius 3 is 2.33 bits per heavy atom. The molecule has 0 aromatic heterocycles. The first-order chi connectivity index (χ1) is 16.0. The third-order valence-corrected chi connectivity index (χ3v) is 4.84. The SMILES string of the molecule is CCOc1ccc(/C=C/C(=O)Oc2ccc(/C=C(/C#N)c3ccc(Cl)cc3)cc2)cc1OC. The molecule has 0 heterocycles. The highest BCUT2D eigenvalue weighted by molar-refractivity contribution is 6.30. The average molecular weight is 460 g/mol. The van der Waals surface area contributed by atoms with E-state index < -0.39 is 5.97 Å². The number of benzene rings is 3. The Hall–Kier alpha value is -4.01. The van der Waals surface area contributed by atoms with Gasteiger partial charge in [0.05, 0.1) is 25.4 Å². The van der Waals surface area contributed by atoms with Crippen LogP contribution in [0.5, 0.6) is 17.2 Å². The standard InChI is InChI=1S/C27H22ClNO4/c1-3-32-25-14-6-20(17-26(25)31-2)7-15-27(30)33-24-12-4-19(5-13-24)16-22(18-29)21-8-10-23(28)11-9-21/h4-17H,3H2,1-2H3/b15-7+,22-16-. The maximum atomic E-state index is 12.2. The number of hydrogen-bond acceptors (Lipinski definition) is 5. The van der Waals surface area contributed by atoms with Crippen molar-refractivity contribution in [3.8, 4) is 23.3 Å². The Balaban J connectivity index is 1.65. The van der Waals surface area contributed by atoms with Gasteiger partial charge in [-0.3, -0.25) is 0 Å². The van der Waals surface area contributed by atoms with E-state index in [0.29, 0.717) is 34.5 Å². The van der Waals surface area contributed by atoms with Crippen molar-refractivity contribution in [2.45, 2.75) is 6.92 Å². The number of ether oxygens (including phenoxy) is 3. The molecule has 0 saturated carbocycles. The van der Waals surface area contributed by atoms with E-state index in [1.807, 2.05) is 13.0 Å². The summed E-state index contributed by atoms with van der Waals surface area (Å²) in [6.07, 6.45) is 4.74. The average Bonchev–Trinajstić information content (AvgIpc) is 2.83. The number of allylic oxidation sites excluding steroid dienone is 1. The third-order valence-electron chi connectivity index (χ3n) is 4.58. The van der Waals surface area contributed by atoms with Gasteiger partial charge in [-0.2, -0.15) is 5.26 Å². The van der Waals surface area contributed by atoms with Crippen molar-refractivity contribution in [1.29, 1.82) is 5.26 Å². The van der Waals surface area contributed by atoms with Crippen LogP contribution in [0, 0.1) is 11.3 Å². The fourth-order valence-corrected chi connectivity index (χ4v) is 3.11. The van der Waals surface area contributed by atoms with Crippen LogP contribution in [-0.2, 0) is 4.79 Å². The zero-order valence-corrected chi connectivity index (χ0v) is 19.0. The van der Waals surface area contributed by atoms with E-state index >= 15 is 0 Å². The quantitative estimate of drug-likeness (QED) is 0.128. The molecule has 0 saturated heterocycles. The Bertz CT molecular complexity index is 1210. The number of carbonyl (C=O) groups is 1. The van der Waals surface area contributed by atoms with Crippen molar-refractivity contribution >= 4 is 35.3 Å². The predicted octanol–water partition coefficient (Wildman–Crippen LogP) is 6.43. The third kappa shape index (κ3) is 6.73. The lowest BCUT2D eigenvalue weighted by atomic mass is 10.0. The smallest absolute Gasteiger partial charge is 0.336 e. The van der Waals surface area contributed by atoms with Gasteiger partial charge >= 0.3 is 5.97 Å². The molecule has 0 unspecified atom stereocenters. The Kier molecular flexibility index (Phi) is 8.29. The van der Waals surface area contributed by atoms with Crippen molar-refractivity contribution in [3.63, 3.8) is 0 Å². The predicted molar refractivity (Wildman–Crippen MR) is 130 cm³/mol. The number of nitrogens with zero attached hydrogens (tertiary/aromatic N) is 1. The Morgan fingerprint density at radius 1 is 1.00 bits per heavy atom. The molecular weight excluding hydrogens is 438 g/mol. The van der Waals surface area contributed by atoms with Gasteiger partial charge in [-0.15, -0.1) is 0 Å². The van der Waals surface area contributed by atoms with E-state index in [1.165, 1.54) is 6.08 Å². The highest BCUT2D eigenvalue weighted by Gasteiger charge is 2.06. The highest BCUT2D eigenvalue weighted by atomic mass is 35.5. The molecule has 0 aliphatic heterocycles. The number of halogens is 1. The second-order valence-electron chi connectivity index (χ2n) is 6.84. The lowest BCUT2D eigenvalue weighted by Gasteiger charge is -2.09. The molecule has 0 spiro atoms. The summed E-state index contributed by atoms with van der Waals surface area (Å²) < 4.78 is 16.2. The summed E-state index contributed by atoms with van der Waals surface area (Å²) in [5, 5.41) is 10.1. The van der Waals surface area contributed by atoms with Gasteiger partial charge in [-0.25, -0.2) is 4.79 Å². The molecular formula is C27H22ClNO4. The molecule has 166 valence electrons. The molecule has 0 N–H and O–H groups in total. The summed E-state index contributed by atoms with van der Waals surface area (Å²) in [5.41, 5.74) is 2.86. The molecule has 0 fully saturated rings. The number of nitriles is 1. The Morgan fingerprint density at radius 2 is 1.70 bits per heavy atom. The molecule has 0 aliphatic rings. The molecule has 6 heteroatoms. The van der Waals surface area contributed by atoms with Gasteiger partial charge in [-0.1, -0.05) is 41.9 Å². The minimum atomic E-state index is -0.509. The van der Waals surface area contributed by atoms with Gasteiger partial charge in [0.2, 0.25) is 0 Å². The molecule has 3 rings (SSSR count). The molecule has 0 atom stereocenters. The largest absolute Gasteiger partial charge is 0.493 e. The van der Waals surface area contributed by atoms with Crippen LogP contribution in [0.3, 0.4) is 0 Å². The monoisotopic (exact) mass is 459 g/mol. The first-order valence-electron chi connectivity index (χ1n) is 10.2. The van der Waals surface area contributed by atoms with Gasteiger partial charge < -0.3 is 14.2 Å². The summed E-state index contributed by atoms with van der Waals surface area (Å²) in [6.45, 7) is 2.43. The molecule has 0 amide bonds. The second kappa shape index (κ2) is 11.6. The van der Waals surface area contributed by atoms with E-state index in [0.717, 1.165) is 16.7 Å². The first kappa shape index (κ1) is 23.6. The van der Waals surface area contributed by atoms with Crippen molar-refractivity contribution in [2.24, 2.45) is 0 Å². The summed E-state index contributed by atoms with van der Waals surface area (Å²) in [4.78, 5) is 12.2. The van der Waals surface area contributed by atoms with Crippen LogP contribution in [0.4, 0.5) is 0 Å². The van der Waals surface area contributed by atoms with Crippen molar-refractivity contribution in [3.05, 3.63) is 94.5 Å². The first-order valence-corrected chi connectivity index (χ1v) is 10.6. The van der Waals surface area contributed by atoms with Gasteiger partial charge in [0.15, 0.2) is 11.5 Å². The topological polar surface area (TPSA) is 68.5 Å². The van der Waals surface area contributed by atoms with Gasteiger partial charge in [0.1, 0.15) is 5.75 Å². The van der Waals surface area contributed by atoms with E-state index in [1.54, 1.807) is 79.9 Å². The molecule has 5 nitrogen and oxygen atoms in total. The maximum absolute atomic E-state index is 12.2. The molecule has 0 bridgehead atoms. The van der Waals surface area contributed by atoms with E-state index in [2.05, 4.69) is 6.07 Å². The lowest BCUT2D eigenvalue weighted by Crippen LogP contribution is -2.03. The zero-order valence-electron chi connectivity index (χ0n) is 18.2. The summed E-state index contributed by atoms with van der Waals surface area (Å²) >= 11 is 5.91. The Labute approximate surface area is 198 Å². The molecule has 3 aromatic carbocycles. The maximum Gasteiger partial charge on any atom is 0.336 e. The summed E-state index contributed by atoms with van der Waals surface area (Å²) in [5.74, 6) is 1.12. The van der Waals surface area contributed by atoms with Crippen LogP contribution in [0.2, 0.25) is 5.02 Å². The number of hydrogen-bond donors (Lipinski definition) is 0. The molecule has 3 aromatic rings. The lowest BCUT2D eigenvalue weighted by molar-refractivity contribution is -0.128. The van der Waals surface area contributed by atoms with E-state index in [-0.39, 0.29) is 0 Å². The molecule has 0 radical (unpaired) electrons. The fraction of sp³-hybridized carbons (Fsp3) is 0.111. The normalized spacial score (nSPS) is 11.2. The van der Waals surface area contributed by atoms with Crippen molar-refractivity contribution in [1.82, 2.24) is 0 Å². The zero-order chi connectivity index (χ0) is 23.6. The van der Waals surface area contributed by atoms with Crippen molar-refractivity contribution in [2.75, 3.05) is 13.7 Å². The number of carbonyl (C=O) groups excluding carboxylic acids is 1. The second-order valence-corrected chi connectivity index (χ2v) is 7.28. The van der Waals surface area contributed by atoms with Gasteiger partial charge in [-0.05, 0) is 72.2 Å². The van der Waals surface area contributed by atoms with Crippen LogP contribution in [0.15, 0.2) is 72.8 Å². The number of esters is 1. The highest BCUT2D eigenvalue weighted by Crippen LogP contribution is 2.28. The molecule has 33 heavy (non-hydrogen) atoms. The van der Waals surface area contributed by atoms with Crippen LogP contribution in [-0.4, -0.2) is 19.7 Å². The van der Waals surface area contributed by atoms with E-state index in [9.17, 15) is 10.1 Å². The minimum absolute atomic E-state index is 0.399.